The maximum atomic E-state index is 12.6. The molecule has 8 nitrogen and oxygen atoms in total. The number of hydrogen-bond donors (Lipinski definition) is 3. The molecule has 0 spiro atoms. The summed E-state index contributed by atoms with van der Waals surface area (Å²) in [5, 5.41) is 20.0. The molecule has 11 heteroatoms. The van der Waals surface area contributed by atoms with Gasteiger partial charge >= 0.3 is 6.18 Å². The molecule has 1 aliphatic heterocycles. The highest BCUT2D eigenvalue weighted by atomic mass is 19.4. The zero-order valence-electron chi connectivity index (χ0n) is 18.1. The largest absolute Gasteiger partial charge is 0.407 e. The number of halogens is 3. The zero-order valence-corrected chi connectivity index (χ0v) is 18.1. The highest BCUT2D eigenvalue weighted by molar-refractivity contribution is 5.94. The van der Waals surface area contributed by atoms with Crippen LogP contribution in [0.1, 0.15) is 29.9 Å². The molecular weight excluding hydrogens is 433 g/mol. The number of hydrogen-bond acceptors (Lipinski definition) is 8. The average molecular weight is 458 g/mol. The quantitative estimate of drug-likeness (QED) is 0.546. The van der Waals surface area contributed by atoms with Crippen molar-refractivity contribution in [3.05, 3.63) is 35.4 Å². The Morgan fingerprint density at radius 2 is 1.97 bits per heavy atom. The molecule has 4 N–H and O–H groups in total. The van der Waals surface area contributed by atoms with Gasteiger partial charge in [0.2, 0.25) is 5.95 Å². The number of nitrogens with zero attached hydrogens (tertiary/aromatic N) is 5. The summed E-state index contributed by atoms with van der Waals surface area (Å²) in [6, 6.07) is 8.88. The molecule has 1 atom stereocenters. The molecule has 1 fully saturated rings. The fraction of sp³-hybridized carbons (Fsp3) is 0.409. The van der Waals surface area contributed by atoms with Gasteiger partial charge in [0.25, 0.3) is 0 Å². The number of nitrogens with two attached hydrogens (primary N) is 1. The van der Waals surface area contributed by atoms with Crippen molar-refractivity contribution < 1.29 is 13.2 Å². The van der Waals surface area contributed by atoms with Crippen molar-refractivity contribution in [1.29, 1.82) is 10.7 Å². The fourth-order valence-corrected chi connectivity index (χ4v) is 3.60. The van der Waals surface area contributed by atoms with Crippen LogP contribution in [-0.4, -0.2) is 61.3 Å². The molecule has 174 valence electrons. The van der Waals surface area contributed by atoms with Crippen molar-refractivity contribution in [1.82, 2.24) is 9.97 Å². The molecule has 0 saturated carbocycles. The van der Waals surface area contributed by atoms with Gasteiger partial charge in [-0.05, 0) is 25.0 Å². The lowest BCUT2D eigenvalue weighted by Crippen LogP contribution is -2.40. The van der Waals surface area contributed by atoms with E-state index in [1.165, 1.54) is 0 Å². The molecule has 33 heavy (non-hydrogen) atoms. The summed E-state index contributed by atoms with van der Waals surface area (Å²) < 4.78 is 37.8. The predicted molar refractivity (Wildman–Crippen MR) is 122 cm³/mol. The molecule has 1 saturated heterocycles. The number of nitriles is 1. The van der Waals surface area contributed by atoms with Crippen molar-refractivity contribution in [2.45, 2.75) is 31.0 Å². The lowest BCUT2D eigenvalue weighted by molar-refractivity contribution is -0.118. The van der Waals surface area contributed by atoms with E-state index in [0.717, 1.165) is 25.3 Å². The van der Waals surface area contributed by atoms with Crippen LogP contribution in [0.5, 0.6) is 0 Å². The van der Waals surface area contributed by atoms with Crippen LogP contribution in [0.2, 0.25) is 0 Å². The molecule has 0 amide bonds. The summed E-state index contributed by atoms with van der Waals surface area (Å²) >= 11 is 0. The van der Waals surface area contributed by atoms with Gasteiger partial charge in [-0.2, -0.15) is 23.4 Å². The van der Waals surface area contributed by atoms with Crippen molar-refractivity contribution in [3.63, 3.8) is 0 Å². The topological polar surface area (TPSA) is 127 Å². The van der Waals surface area contributed by atoms with E-state index in [4.69, 9.17) is 21.4 Å². The second-order valence-electron chi connectivity index (χ2n) is 7.70. The van der Waals surface area contributed by atoms with Gasteiger partial charge in [0.1, 0.15) is 12.4 Å². The Balaban J connectivity index is 2.12. The van der Waals surface area contributed by atoms with Crippen LogP contribution in [0.25, 0.3) is 11.3 Å². The van der Waals surface area contributed by atoms with Gasteiger partial charge < -0.3 is 21.4 Å². The van der Waals surface area contributed by atoms with Crippen LogP contribution >= 0.6 is 0 Å². The standard InChI is InChI=1S/C22H25F3N8/c1-29-20-18(16(11-27)12-30-13-22(23,24)25)19(15-4-2-14(10-26)3-5-15)31-21(32-20)33-8-6-17(28)7-9-33/h2-5,11-12,16-17,27H,6-9,13,28H2,1H3,(H,29,31,32). The maximum Gasteiger partial charge on any atom is 0.407 e. The number of alkyl halides is 3. The Bertz CT molecular complexity index is 1040. The van der Waals surface area contributed by atoms with Crippen LogP contribution < -0.4 is 16.0 Å². The lowest BCUT2D eigenvalue weighted by atomic mass is 9.95. The predicted octanol–water partition coefficient (Wildman–Crippen LogP) is 3.35. The monoisotopic (exact) mass is 458 g/mol. The molecule has 1 aromatic carbocycles. The molecular formula is C22H25F3N8. The number of nitrogens with one attached hydrogen (secondary N) is 2. The van der Waals surface area contributed by atoms with E-state index < -0.39 is 18.6 Å². The van der Waals surface area contributed by atoms with Gasteiger partial charge in [0.15, 0.2) is 0 Å². The summed E-state index contributed by atoms with van der Waals surface area (Å²) in [6.07, 6.45) is -0.766. The third-order valence-electron chi connectivity index (χ3n) is 5.33. The van der Waals surface area contributed by atoms with Crippen molar-refractivity contribution in [3.8, 4) is 17.3 Å². The van der Waals surface area contributed by atoms with E-state index in [1.807, 2.05) is 4.90 Å². The summed E-state index contributed by atoms with van der Waals surface area (Å²) in [5.41, 5.74) is 8.01. The summed E-state index contributed by atoms with van der Waals surface area (Å²) in [4.78, 5) is 14.9. The molecule has 1 aliphatic rings. The third-order valence-corrected chi connectivity index (χ3v) is 5.33. The molecule has 3 rings (SSSR count). The van der Waals surface area contributed by atoms with E-state index >= 15 is 0 Å². The second kappa shape index (κ2) is 10.4. The van der Waals surface area contributed by atoms with E-state index in [0.29, 0.717) is 47.2 Å². The first-order valence-electron chi connectivity index (χ1n) is 10.4. The smallest absolute Gasteiger partial charge is 0.373 e. The molecule has 2 heterocycles. The number of aliphatic imine (C=N–C) groups is 1. The van der Waals surface area contributed by atoms with Gasteiger partial charge in [0.05, 0.1) is 23.2 Å². The minimum absolute atomic E-state index is 0.120. The van der Waals surface area contributed by atoms with E-state index in [2.05, 4.69) is 21.4 Å². The Morgan fingerprint density at radius 1 is 1.30 bits per heavy atom. The third kappa shape index (κ3) is 6.04. The Hall–Kier alpha value is -3.52. The molecule has 0 aliphatic carbocycles. The fourth-order valence-electron chi connectivity index (χ4n) is 3.60. The summed E-state index contributed by atoms with van der Waals surface area (Å²) in [6.45, 7) is 0.0143. The number of piperidine rings is 1. The van der Waals surface area contributed by atoms with Crippen LogP contribution in [0.4, 0.5) is 24.9 Å². The maximum absolute atomic E-state index is 12.6. The molecule has 2 aromatic rings. The highest BCUT2D eigenvalue weighted by Gasteiger charge is 2.28. The van der Waals surface area contributed by atoms with Crippen molar-refractivity contribution >= 4 is 24.2 Å². The average Bonchev–Trinajstić information content (AvgIpc) is 2.81. The van der Waals surface area contributed by atoms with Gasteiger partial charge in [-0.25, -0.2) is 4.98 Å². The molecule has 1 aromatic heterocycles. The Kier molecular flexibility index (Phi) is 7.60. The van der Waals surface area contributed by atoms with Crippen LogP contribution in [0.15, 0.2) is 29.3 Å². The van der Waals surface area contributed by atoms with Crippen molar-refractivity contribution in [2.75, 3.05) is 36.9 Å². The minimum Gasteiger partial charge on any atom is -0.373 e. The second-order valence-corrected chi connectivity index (χ2v) is 7.70. The van der Waals surface area contributed by atoms with Crippen LogP contribution in [0.3, 0.4) is 0 Å². The first kappa shape index (κ1) is 24.1. The molecule has 1 unspecified atom stereocenters. The molecule has 0 bridgehead atoms. The normalized spacial score (nSPS) is 15.9. The number of anilines is 2. The summed E-state index contributed by atoms with van der Waals surface area (Å²) in [7, 11) is 1.65. The highest BCUT2D eigenvalue weighted by Crippen LogP contribution is 2.34. The Morgan fingerprint density at radius 3 is 2.52 bits per heavy atom. The SMILES string of the molecule is CNc1nc(N2CCC(N)CC2)nc(-c2ccc(C#N)cc2)c1C(C=N)C=NCC(F)(F)F. The number of aromatic nitrogens is 2. The van der Waals surface area contributed by atoms with E-state index in [1.54, 1.807) is 31.3 Å². The number of rotatable bonds is 7. The minimum atomic E-state index is -4.44. The Labute approximate surface area is 189 Å². The number of benzene rings is 1. The van der Waals surface area contributed by atoms with Gasteiger partial charge in [0, 0.05) is 49.7 Å². The van der Waals surface area contributed by atoms with E-state index in [9.17, 15) is 13.2 Å². The van der Waals surface area contributed by atoms with Gasteiger partial charge in [-0.1, -0.05) is 12.1 Å². The lowest BCUT2D eigenvalue weighted by Gasteiger charge is -2.31. The van der Waals surface area contributed by atoms with Gasteiger partial charge in [-0.15, -0.1) is 0 Å². The van der Waals surface area contributed by atoms with Crippen molar-refractivity contribution in [2.24, 2.45) is 10.7 Å². The zero-order chi connectivity index (χ0) is 24.0. The summed E-state index contributed by atoms with van der Waals surface area (Å²) in [5.74, 6) is -0.0317. The van der Waals surface area contributed by atoms with Gasteiger partial charge in [-0.3, -0.25) is 4.99 Å². The molecule has 0 radical (unpaired) electrons. The first-order chi connectivity index (χ1) is 15.8. The first-order valence-corrected chi connectivity index (χ1v) is 10.4. The van der Waals surface area contributed by atoms with Crippen LogP contribution in [0, 0.1) is 16.7 Å². The van der Waals surface area contributed by atoms with Crippen LogP contribution in [-0.2, 0) is 0 Å². The van der Waals surface area contributed by atoms with E-state index in [-0.39, 0.29) is 6.04 Å².